The molecule has 1 aliphatic carbocycles. The Labute approximate surface area is 255 Å². The number of esters is 1. The van der Waals surface area contributed by atoms with Crippen molar-refractivity contribution in [2.24, 2.45) is 5.92 Å². The molecule has 2 aromatic heterocycles. The third kappa shape index (κ3) is 7.75. The molecule has 0 amide bonds. The number of aromatic nitrogens is 4. The number of allylic oxidation sites excluding steroid dienone is 1. The van der Waals surface area contributed by atoms with Crippen LogP contribution in [0, 0.1) is 17.2 Å². The highest BCUT2D eigenvalue weighted by Gasteiger charge is 2.25. The molecule has 0 radical (unpaired) electrons. The maximum Gasteiger partial charge on any atom is 0.317 e. The van der Waals surface area contributed by atoms with Crippen molar-refractivity contribution in [2.45, 2.75) is 45.3 Å². The maximum atomic E-state index is 14.2. The Morgan fingerprint density at radius 2 is 1.93 bits per heavy atom. The fourth-order valence-corrected chi connectivity index (χ4v) is 4.98. The van der Waals surface area contributed by atoms with Crippen molar-refractivity contribution in [1.82, 2.24) is 20.2 Å². The van der Waals surface area contributed by atoms with E-state index in [4.69, 9.17) is 9.47 Å². The van der Waals surface area contributed by atoms with Crippen LogP contribution in [-0.4, -0.2) is 38.9 Å². The van der Waals surface area contributed by atoms with Gasteiger partial charge in [-0.3, -0.25) is 9.89 Å². The topological polar surface area (TPSA) is 126 Å². The van der Waals surface area contributed by atoms with Crippen LogP contribution in [0.5, 0.6) is 5.88 Å². The van der Waals surface area contributed by atoms with Crippen molar-refractivity contribution in [3.05, 3.63) is 107 Å². The molecule has 1 aliphatic rings. The Balaban J connectivity index is 1.28. The van der Waals surface area contributed by atoms with E-state index in [-0.39, 0.29) is 36.3 Å². The Hall–Kier alpha value is -5.30. The summed E-state index contributed by atoms with van der Waals surface area (Å²) in [4.78, 5) is 21.5. The van der Waals surface area contributed by atoms with Gasteiger partial charge in [-0.25, -0.2) is 14.4 Å². The third-order valence-electron chi connectivity index (χ3n) is 7.29. The lowest BCUT2D eigenvalue weighted by atomic mass is 9.94. The summed E-state index contributed by atoms with van der Waals surface area (Å²) in [7, 11) is 0. The zero-order valence-corrected chi connectivity index (χ0v) is 24.4. The molecule has 0 saturated carbocycles. The van der Waals surface area contributed by atoms with E-state index in [2.05, 4.69) is 31.6 Å². The first-order valence-corrected chi connectivity index (χ1v) is 14.5. The molecule has 10 heteroatoms. The number of nitrogens with zero attached hydrogens (tertiary/aromatic N) is 4. The molecule has 0 aliphatic heterocycles. The number of rotatable bonds is 11. The molecule has 2 atom stereocenters. The number of H-pyrrole nitrogens is 1. The summed E-state index contributed by atoms with van der Waals surface area (Å²) in [6, 6.07) is 23.0. The number of nitrogens with one attached hydrogen (secondary N) is 2. The van der Waals surface area contributed by atoms with Gasteiger partial charge < -0.3 is 14.8 Å². The molecule has 2 heterocycles. The molecule has 5 rings (SSSR count). The van der Waals surface area contributed by atoms with Gasteiger partial charge in [-0.15, -0.1) is 0 Å². The van der Waals surface area contributed by atoms with Crippen LogP contribution >= 0.6 is 0 Å². The number of aromatic amines is 1. The SMILES string of the molecule is CC1=CC(C(=O)OCc2ccccc2)/C(=C\CC(CF)Oc2ncnc(Nc3cc(-c4ccccc4)[nH]n3)c2C#N)CCC1. The van der Waals surface area contributed by atoms with Crippen LogP contribution < -0.4 is 10.1 Å². The largest absolute Gasteiger partial charge is 0.470 e. The summed E-state index contributed by atoms with van der Waals surface area (Å²) in [5.41, 5.74) is 4.64. The fraction of sp³-hybridized carbons (Fsp3) is 0.265. The lowest BCUT2D eigenvalue weighted by Crippen LogP contribution is -2.21. The minimum atomic E-state index is -0.929. The second-order valence-electron chi connectivity index (χ2n) is 10.5. The van der Waals surface area contributed by atoms with E-state index in [1.807, 2.05) is 79.7 Å². The van der Waals surface area contributed by atoms with Crippen LogP contribution in [0.3, 0.4) is 0 Å². The van der Waals surface area contributed by atoms with Crippen LogP contribution in [-0.2, 0) is 16.1 Å². The van der Waals surface area contributed by atoms with E-state index >= 15 is 0 Å². The molecule has 44 heavy (non-hydrogen) atoms. The van der Waals surface area contributed by atoms with Crippen LogP contribution in [0.1, 0.15) is 43.7 Å². The van der Waals surface area contributed by atoms with Gasteiger partial charge in [0.05, 0.1) is 11.6 Å². The molecule has 0 bridgehead atoms. The summed E-state index contributed by atoms with van der Waals surface area (Å²) >= 11 is 0. The molecule has 2 aromatic carbocycles. The number of halogens is 1. The molecular weight excluding hydrogens is 559 g/mol. The quantitative estimate of drug-likeness (QED) is 0.141. The number of hydrogen-bond acceptors (Lipinski definition) is 8. The summed E-state index contributed by atoms with van der Waals surface area (Å²) in [5.74, 6) is -0.309. The number of anilines is 2. The number of carbonyl (C=O) groups is 1. The van der Waals surface area contributed by atoms with E-state index < -0.39 is 18.7 Å². The normalized spacial score (nSPS) is 16.3. The minimum absolute atomic E-state index is 0.0262. The fourth-order valence-electron chi connectivity index (χ4n) is 4.98. The number of hydrogen-bond donors (Lipinski definition) is 2. The van der Waals surface area contributed by atoms with E-state index in [0.29, 0.717) is 12.2 Å². The number of benzene rings is 2. The zero-order valence-electron chi connectivity index (χ0n) is 24.4. The number of alkyl halides is 1. The van der Waals surface area contributed by atoms with Crippen molar-refractivity contribution in [2.75, 3.05) is 12.0 Å². The molecule has 0 saturated heterocycles. The van der Waals surface area contributed by atoms with Gasteiger partial charge in [0.1, 0.15) is 31.8 Å². The lowest BCUT2D eigenvalue weighted by molar-refractivity contribution is -0.147. The Morgan fingerprint density at radius 1 is 1.16 bits per heavy atom. The second kappa shape index (κ2) is 14.7. The van der Waals surface area contributed by atoms with E-state index in [1.165, 1.54) is 6.33 Å². The van der Waals surface area contributed by atoms with Crippen molar-refractivity contribution in [3.63, 3.8) is 0 Å². The minimum Gasteiger partial charge on any atom is -0.470 e. The van der Waals surface area contributed by atoms with E-state index in [9.17, 15) is 14.4 Å². The predicted molar refractivity (Wildman–Crippen MR) is 164 cm³/mol. The van der Waals surface area contributed by atoms with Crippen LogP contribution in [0.4, 0.5) is 16.0 Å². The Morgan fingerprint density at radius 3 is 2.68 bits per heavy atom. The van der Waals surface area contributed by atoms with Crippen LogP contribution in [0.25, 0.3) is 11.3 Å². The monoisotopic (exact) mass is 592 g/mol. The first kappa shape index (κ1) is 30.2. The van der Waals surface area contributed by atoms with Crippen LogP contribution in [0.2, 0.25) is 0 Å². The average molecular weight is 593 g/mol. The first-order chi connectivity index (χ1) is 21.5. The summed E-state index contributed by atoms with van der Waals surface area (Å²) < 4.78 is 25.8. The second-order valence-corrected chi connectivity index (χ2v) is 10.5. The van der Waals surface area contributed by atoms with Crippen LogP contribution in [0.15, 0.2) is 96.4 Å². The number of ether oxygens (including phenoxy) is 2. The summed E-state index contributed by atoms with van der Waals surface area (Å²) in [6.45, 7) is 1.36. The standard InChI is InChI=1S/C34H33FN6O3/c1-23-9-8-14-25(28(17-23)34(42)43-21-24-10-4-2-5-11-24)15-16-27(19-35)44-33-29(20-36)32(37-22-38-33)39-31-18-30(40-41-31)26-12-6-3-7-13-26/h2-7,10-13,15,17-18,22,27-28H,8-9,14,16,19,21H2,1H3,(H2,37,38,39,40,41)/b25-15-. The maximum absolute atomic E-state index is 14.2. The molecule has 4 aromatic rings. The first-order valence-electron chi connectivity index (χ1n) is 14.5. The van der Waals surface area contributed by atoms with Gasteiger partial charge in [0.15, 0.2) is 17.2 Å². The molecule has 2 N–H and O–H groups in total. The van der Waals surface area contributed by atoms with E-state index in [0.717, 1.165) is 40.8 Å². The molecule has 9 nitrogen and oxygen atoms in total. The summed E-state index contributed by atoms with van der Waals surface area (Å²) in [6.07, 6.45) is 6.71. The molecule has 224 valence electrons. The predicted octanol–water partition coefficient (Wildman–Crippen LogP) is 7.01. The van der Waals surface area contributed by atoms with Gasteiger partial charge in [-0.1, -0.05) is 84.0 Å². The average Bonchev–Trinajstić information content (AvgIpc) is 3.44. The molecule has 0 spiro atoms. The van der Waals surface area contributed by atoms with Gasteiger partial charge in [0.25, 0.3) is 0 Å². The highest BCUT2D eigenvalue weighted by atomic mass is 19.1. The van der Waals surface area contributed by atoms with Gasteiger partial charge >= 0.3 is 5.97 Å². The Bertz CT molecular complexity index is 1660. The van der Waals surface area contributed by atoms with Crippen molar-refractivity contribution < 1.29 is 18.7 Å². The van der Waals surface area contributed by atoms with E-state index in [1.54, 1.807) is 6.07 Å². The number of carbonyl (C=O) groups excluding carboxylic acids is 1. The molecule has 2 unspecified atom stereocenters. The lowest BCUT2D eigenvalue weighted by Gasteiger charge is -2.18. The Kier molecular flexibility index (Phi) is 10.1. The van der Waals surface area contributed by atoms with Crippen molar-refractivity contribution in [1.29, 1.82) is 5.26 Å². The molecular formula is C34H33FN6O3. The van der Waals surface area contributed by atoms with Crippen molar-refractivity contribution >= 4 is 17.6 Å². The summed E-state index contributed by atoms with van der Waals surface area (Å²) in [5, 5.41) is 20.2. The zero-order chi connectivity index (χ0) is 30.7. The highest BCUT2D eigenvalue weighted by molar-refractivity contribution is 5.78. The van der Waals surface area contributed by atoms with Gasteiger partial charge in [-0.05, 0) is 37.3 Å². The molecule has 0 fully saturated rings. The van der Waals surface area contributed by atoms with Crippen molar-refractivity contribution in [3.8, 4) is 23.2 Å². The highest BCUT2D eigenvalue weighted by Crippen LogP contribution is 2.30. The van der Waals surface area contributed by atoms with Gasteiger partial charge in [0.2, 0.25) is 5.88 Å². The smallest absolute Gasteiger partial charge is 0.317 e. The van der Waals surface area contributed by atoms with Gasteiger partial charge in [-0.2, -0.15) is 10.4 Å². The van der Waals surface area contributed by atoms with Gasteiger partial charge in [0, 0.05) is 12.5 Å². The number of nitriles is 1. The third-order valence-corrected chi connectivity index (χ3v) is 7.29.